The largest absolute Gasteiger partial charge is 0.378 e. The fourth-order valence-corrected chi connectivity index (χ4v) is 2.03. The summed E-state index contributed by atoms with van der Waals surface area (Å²) in [6.45, 7) is 3.15. The van der Waals surface area contributed by atoms with Gasteiger partial charge in [-0.2, -0.15) is 0 Å². The van der Waals surface area contributed by atoms with Crippen LogP contribution in [-0.2, 0) is 0 Å². The van der Waals surface area contributed by atoms with Gasteiger partial charge in [0.05, 0.1) is 11.0 Å². The number of hydrogen-bond acceptors (Lipinski definition) is 3. The number of nitrogens with one attached hydrogen (secondary N) is 1. The van der Waals surface area contributed by atoms with Crippen molar-refractivity contribution in [2.24, 2.45) is 0 Å². The first kappa shape index (κ1) is 14.9. The summed E-state index contributed by atoms with van der Waals surface area (Å²) < 4.78 is 27.4. The molecule has 110 valence electrons. The van der Waals surface area contributed by atoms with Crippen LogP contribution in [-0.4, -0.2) is 4.92 Å². The third kappa shape index (κ3) is 3.34. The molecule has 4 nitrogen and oxygen atoms in total. The van der Waals surface area contributed by atoms with Gasteiger partial charge < -0.3 is 5.32 Å². The smallest absolute Gasteiger partial charge is 0.271 e. The predicted octanol–water partition coefficient (Wildman–Crippen LogP) is 4.35. The molecule has 0 heterocycles. The molecule has 0 spiro atoms. The maximum atomic E-state index is 13.9. The van der Waals surface area contributed by atoms with E-state index in [1.54, 1.807) is 13.0 Å². The van der Waals surface area contributed by atoms with Crippen LogP contribution in [0, 0.1) is 28.7 Å². The predicted molar refractivity (Wildman–Crippen MR) is 76.2 cm³/mol. The highest BCUT2D eigenvalue weighted by Crippen LogP contribution is 2.25. The van der Waals surface area contributed by atoms with Gasteiger partial charge in [-0.15, -0.1) is 0 Å². The van der Waals surface area contributed by atoms with E-state index in [0.29, 0.717) is 5.69 Å². The van der Waals surface area contributed by atoms with E-state index in [4.69, 9.17) is 0 Å². The Kier molecular flexibility index (Phi) is 4.16. The van der Waals surface area contributed by atoms with Crippen molar-refractivity contribution in [1.82, 2.24) is 0 Å². The second-order valence-electron chi connectivity index (χ2n) is 4.80. The van der Waals surface area contributed by atoms with Crippen molar-refractivity contribution in [1.29, 1.82) is 0 Å². The second kappa shape index (κ2) is 5.87. The Morgan fingerprint density at radius 3 is 2.57 bits per heavy atom. The van der Waals surface area contributed by atoms with E-state index in [1.165, 1.54) is 25.1 Å². The van der Waals surface area contributed by atoms with Crippen LogP contribution < -0.4 is 5.32 Å². The van der Waals surface area contributed by atoms with Gasteiger partial charge in [-0.3, -0.25) is 10.1 Å². The van der Waals surface area contributed by atoms with E-state index >= 15 is 0 Å². The van der Waals surface area contributed by atoms with Gasteiger partial charge in [-0.25, -0.2) is 8.78 Å². The molecule has 0 saturated carbocycles. The van der Waals surface area contributed by atoms with Crippen LogP contribution in [0.3, 0.4) is 0 Å². The lowest BCUT2D eigenvalue weighted by Crippen LogP contribution is -2.09. The molecule has 0 aliphatic heterocycles. The molecule has 0 bridgehead atoms. The Hall–Kier alpha value is -2.50. The van der Waals surface area contributed by atoms with Crippen LogP contribution in [0.1, 0.15) is 24.1 Å². The molecular weight excluding hydrogens is 278 g/mol. The summed E-state index contributed by atoms with van der Waals surface area (Å²) in [5.41, 5.74) is 0.809. The molecular formula is C15H14F2N2O2. The summed E-state index contributed by atoms with van der Waals surface area (Å²) in [5, 5.41) is 13.6. The van der Waals surface area contributed by atoms with Gasteiger partial charge in [0.25, 0.3) is 5.69 Å². The minimum atomic E-state index is -0.526. The van der Waals surface area contributed by atoms with Crippen LogP contribution >= 0.6 is 0 Å². The average Bonchev–Trinajstić information content (AvgIpc) is 2.43. The highest BCUT2D eigenvalue weighted by Gasteiger charge is 2.15. The normalized spacial score (nSPS) is 12.0. The Morgan fingerprint density at radius 2 is 1.90 bits per heavy atom. The Labute approximate surface area is 120 Å². The van der Waals surface area contributed by atoms with Crippen LogP contribution in [0.5, 0.6) is 0 Å². The molecule has 1 unspecified atom stereocenters. The molecule has 2 aromatic carbocycles. The highest BCUT2D eigenvalue weighted by atomic mass is 19.1. The van der Waals surface area contributed by atoms with Crippen molar-refractivity contribution in [3.8, 4) is 0 Å². The van der Waals surface area contributed by atoms with Gasteiger partial charge in [0, 0.05) is 23.4 Å². The second-order valence-corrected chi connectivity index (χ2v) is 4.80. The van der Waals surface area contributed by atoms with E-state index in [0.717, 1.165) is 12.1 Å². The summed E-state index contributed by atoms with van der Waals surface area (Å²) in [4.78, 5) is 10.2. The number of halogens is 2. The number of benzene rings is 2. The lowest BCUT2D eigenvalue weighted by molar-refractivity contribution is -0.384. The summed E-state index contributed by atoms with van der Waals surface area (Å²) in [7, 11) is 0. The zero-order valence-corrected chi connectivity index (χ0v) is 11.6. The summed E-state index contributed by atoms with van der Waals surface area (Å²) in [6, 6.07) is 7.62. The zero-order chi connectivity index (χ0) is 15.6. The van der Waals surface area contributed by atoms with Crippen molar-refractivity contribution >= 4 is 11.4 Å². The van der Waals surface area contributed by atoms with Crippen molar-refractivity contribution < 1.29 is 13.7 Å². The summed E-state index contributed by atoms with van der Waals surface area (Å²) in [5.74, 6) is -1.00. The third-order valence-corrected chi connectivity index (χ3v) is 3.18. The molecule has 2 rings (SSSR count). The number of rotatable bonds is 4. The number of nitro benzene ring substituents is 1. The van der Waals surface area contributed by atoms with Crippen LogP contribution in [0.2, 0.25) is 0 Å². The number of anilines is 1. The first-order chi connectivity index (χ1) is 9.88. The first-order valence-corrected chi connectivity index (χ1v) is 6.35. The molecule has 0 saturated heterocycles. The Bertz CT molecular complexity index is 689. The molecule has 1 atom stereocenters. The molecule has 0 radical (unpaired) electrons. The van der Waals surface area contributed by atoms with E-state index in [-0.39, 0.29) is 16.8 Å². The van der Waals surface area contributed by atoms with Gasteiger partial charge in [0.1, 0.15) is 11.6 Å². The molecule has 6 heteroatoms. The Balaban J connectivity index is 2.26. The monoisotopic (exact) mass is 292 g/mol. The fraction of sp³-hybridized carbons (Fsp3) is 0.200. The Morgan fingerprint density at radius 1 is 1.19 bits per heavy atom. The molecule has 0 aliphatic rings. The molecule has 2 aromatic rings. The molecule has 0 aromatic heterocycles. The van der Waals surface area contributed by atoms with Crippen LogP contribution in [0.4, 0.5) is 20.2 Å². The van der Waals surface area contributed by atoms with Crippen LogP contribution in [0.25, 0.3) is 0 Å². The minimum Gasteiger partial charge on any atom is -0.378 e. The number of nitrogens with zero attached hydrogens (tertiary/aromatic N) is 1. The highest BCUT2D eigenvalue weighted by molar-refractivity contribution is 5.52. The topological polar surface area (TPSA) is 55.2 Å². The molecule has 0 fully saturated rings. The van der Waals surface area contributed by atoms with Crippen molar-refractivity contribution in [3.05, 3.63) is 69.3 Å². The van der Waals surface area contributed by atoms with Gasteiger partial charge in [0.2, 0.25) is 0 Å². The first-order valence-electron chi connectivity index (χ1n) is 6.35. The van der Waals surface area contributed by atoms with Crippen LogP contribution in [0.15, 0.2) is 36.4 Å². The maximum absolute atomic E-state index is 13.9. The lowest BCUT2D eigenvalue weighted by atomic mass is 10.0. The van der Waals surface area contributed by atoms with Crippen molar-refractivity contribution in [3.63, 3.8) is 0 Å². The minimum absolute atomic E-state index is 0.0669. The SMILES string of the molecule is Cc1cc(F)c(C(C)Nc2cccc([N+](=O)[O-])c2)cc1F. The zero-order valence-electron chi connectivity index (χ0n) is 11.6. The lowest BCUT2D eigenvalue weighted by Gasteiger charge is -2.17. The van der Waals surface area contributed by atoms with Crippen molar-refractivity contribution in [2.75, 3.05) is 5.32 Å². The number of aryl methyl sites for hydroxylation is 1. The van der Waals surface area contributed by atoms with Gasteiger partial charge in [-0.1, -0.05) is 6.07 Å². The number of hydrogen-bond donors (Lipinski definition) is 1. The standard InChI is InChI=1S/C15H14F2N2O2/c1-9-6-15(17)13(8-14(9)16)10(2)18-11-4-3-5-12(7-11)19(20)21/h3-8,10,18H,1-2H3. The van der Waals surface area contributed by atoms with E-state index in [2.05, 4.69) is 5.32 Å². The van der Waals surface area contributed by atoms with E-state index in [1.807, 2.05) is 0 Å². The van der Waals surface area contributed by atoms with Gasteiger partial charge >= 0.3 is 0 Å². The molecule has 0 amide bonds. The van der Waals surface area contributed by atoms with Crippen molar-refractivity contribution in [2.45, 2.75) is 19.9 Å². The van der Waals surface area contributed by atoms with Gasteiger partial charge in [-0.05, 0) is 37.6 Å². The molecule has 0 aliphatic carbocycles. The quantitative estimate of drug-likeness (QED) is 0.673. The molecule has 21 heavy (non-hydrogen) atoms. The number of nitro groups is 1. The van der Waals surface area contributed by atoms with Gasteiger partial charge in [0.15, 0.2) is 0 Å². The average molecular weight is 292 g/mol. The van der Waals surface area contributed by atoms with E-state index < -0.39 is 22.6 Å². The third-order valence-electron chi connectivity index (χ3n) is 3.18. The summed E-state index contributed by atoms with van der Waals surface area (Å²) in [6.07, 6.45) is 0. The maximum Gasteiger partial charge on any atom is 0.271 e. The number of non-ortho nitro benzene ring substituents is 1. The summed E-state index contributed by atoms with van der Waals surface area (Å²) >= 11 is 0. The fourth-order valence-electron chi connectivity index (χ4n) is 2.03. The molecule has 1 N–H and O–H groups in total. The van der Waals surface area contributed by atoms with E-state index in [9.17, 15) is 18.9 Å².